The molecule has 0 atom stereocenters. The maximum Gasteiger partial charge on any atom is 0.248 e. The molecule has 2 rings (SSSR count). The van der Waals surface area contributed by atoms with Gasteiger partial charge in [-0.3, -0.25) is 4.79 Å². The van der Waals surface area contributed by atoms with Gasteiger partial charge in [0.05, 0.1) is 0 Å². The van der Waals surface area contributed by atoms with Crippen LogP contribution >= 0.6 is 0 Å². The average molecular weight is 159 g/mol. The quantitative estimate of drug-likeness (QED) is 0.613. The Morgan fingerprint density at radius 2 is 1.75 bits per heavy atom. The van der Waals surface area contributed by atoms with E-state index in [1.165, 1.54) is 6.07 Å². The number of aromatic amines is 1. The van der Waals surface area contributed by atoms with Crippen molar-refractivity contribution in [3.8, 4) is 0 Å². The molecule has 1 aromatic heterocycles. The van der Waals surface area contributed by atoms with Gasteiger partial charge in [0.1, 0.15) is 0 Å². The fourth-order valence-corrected chi connectivity index (χ4v) is 1.10. The summed E-state index contributed by atoms with van der Waals surface area (Å²) in [5.74, 6) is 0. The Morgan fingerprint density at radius 1 is 1.00 bits per heavy atom. The van der Waals surface area contributed by atoms with Gasteiger partial charge in [0.15, 0.2) is 0 Å². The van der Waals surface area contributed by atoms with E-state index in [1.54, 1.807) is 0 Å². The number of hydrogen-bond donors (Lipinski definition) is 1. The maximum atomic E-state index is 10.8. The molecule has 0 saturated carbocycles. The third kappa shape index (κ3) is 1.35. The third-order valence-corrected chi connectivity index (χ3v) is 1.63. The largest absolute Gasteiger partial charge is 0.322 e. The predicted octanol–water partition coefficient (Wildman–Crippen LogP) is 1.05. The first kappa shape index (κ1) is 8.49. The minimum Gasteiger partial charge on any atom is -0.322 e. The normalized spacial score (nSPS) is 9.33. The van der Waals surface area contributed by atoms with E-state index in [2.05, 4.69) is 4.98 Å². The van der Waals surface area contributed by atoms with Crippen molar-refractivity contribution in [2.45, 2.75) is 0 Å². The maximum absolute atomic E-state index is 10.8. The minimum absolute atomic E-state index is 0. The van der Waals surface area contributed by atoms with Crippen molar-refractivity contribution in [2.75, 3.05) is 0 Å². The summed E-state index contributed by atoms with van der Waals surface area (Å²) in [7, 11) is 0. The van der Waals surface area contributed by atoms with Crippen LogP contribution in [0.4, 0.5) is 0 Å². The van der Waals surface area contributed by atoms with Crippen molar-refractivity contribution >= 4 is 10.9 Å². The van der Waals surface area contributed by atoms with Gasteiger partial charge in [0.25, 0.3) is 0 Å². The lowest BCUT2D eigenvalue weighted by Crippen LogP contribution is -2.01. The van der Waals surface area contributed by atoms with Crippen LogP contribution in [0.3, 0.4) is 0 Å². The van der Waals surface area contributed by atoms with Gasteiger partial charge in [-0.05, 0) is 17.5 Å². The van der Waals surface area contributed by atoms with Crippen LogP contribution in [0.5, 0.6) is 0 Å². The van der Waals surface area contributed by atoms with Crippen LogP contribution in [0.1, 0.15) is 0 Å². The molecule has 3 heteroatoms. The number of H-pyrrole nitrogens is 1. The van der Waals surface area contributed by atoms with Crippen LogP contribution < -0.4 is 11.7 Å². The number of nitrogens with zero attached hydrogens (tertiary/aromatic N) is 1. The molecule has 3 radical (unpaired) electrons. The summed E-state index contributed by atoms with van der Waals surface area (Å²) in [4.78, 5) is 13.6. The predicted molar refractivity (Wildman–Crippen MR) is 46.7 cm³/mol. The second-order valence-electron chi connectivity index (χ2n) is 2.41. The molecule has 2 aromatic rings. The zero-order chi connectivity index (χ0) is 7.68. The Bertz CT molecular complexity index is 433. The van der Waals surface area contributed by atoms with E-state index in [1.807, 2.05) is 30.3 Å². The molecule has 0 bridgehead atoms. The van der Waals surface area contributed by atoms with Crippen molar-refractivity contribution in [2.24, 2.45) is 0 Å². The Labute approximate surface area is 69.6 Å². The van der Waals surface area contributed by atoms with Gasteiger partial charge >= 0.3 is 0 Å². The molecule has 0 amide bonds. The van der Waals surface area contributed by atoms with E-state index in [9.17, 15) is 4.79 Å². The van der Waals surface area contributed by atoms with Gasteiger partial charge in [-0.15, -0.1) is 0 Å². The summed E-state index contributed by atoms with van der Waals surface area (Å²) in [6.07, 6.45) is 0. The Hall–Kier alpha value is -1.61. The van der Waals surface area contributed by atoms with Crippen LogP contribution in [-0.4, -0.2) is 4.98 Å². The van der Waals surface area contributed by atoms with E-state index in [4.69, 9.17) is 0 Å². The van der Waals surface area contributed by atoms with Gasteiger partial charge in [-0.2, -0.15) is 0 Å². The second-order valence-corrected chi connectivity index (χ2v) is 2.41. The van der Waals surface area contributed by atoms with E-state index >= 15 is 0 Å². The number of hydrogen-bond acceptors (Lipinski definition) is 1. The summed E-state index contributed by atoms with van der Waals surface area (Å²) >= 11 is 0. The van der Waals surface area contributed by atoms with Crippen molar-refractivity contribution < 1.29 is 0 Å². The molecule has 0 aliphatic heterocycles. The van der Waals surface area contributed by atoms with E-state index in [0.29, 0.717) is 0 Å². The average Bonchev–Trinajstić information content (AvgIpc) is 2.04. The summed E-state index contributed by atoms with van der Waals surface area (Å²) in [6.45, 7) is 0. The molecular weight excluding hydrogens is 152 g/mol. The number of para-hydroxylation sites is 1. The first-order chi connectivity index (χ1) is 5.36. The number of aromatic nitrogens is 1. The zero-order valence-electron chi connectivity index (χ0n) is 6.32. The summed E-state index contributed by atoms with van der Waals surface area (Å²) < 4.78 is 0. The summed E-state index contributed by atoms with van der Waals surface area (Å²) in [5.41, 5.74) is 0.837. The lowest BCUT2D eigenvalue weighted by Gasteiger charge is -1.93. The molecule has 0 unspecified atom stereocenters. The molecule has 1 aromatic carbocycles. The van der Waals surface area contributed by atoms with Crippen LogP contribution in [0.2, 0.25) is 0 Å². The second kappa shape index (κ2) is 3.19. The molecule has 59 valence electrons. The highest BCUT2D eigenvalue weighted by Crippen LogP contribution is 2.06. The van der Waals surface area contributed by atoms with Crippen LogP contribution in [0.25, 0.3) is 10.9 Å². The summed E-state index contributed by atoms with van der Waals surface area (Å²) in [6, 6.07) is 11.0. The Morgan fingerprint density at radius 3 is 2.58 bits per heavy atom. The van der Waals surface area contributed by atoms with Crippen molar-refractivity contribution in [1.82, 2.24) is 11.1 Å². The van der Waals surface area contributed by atoms with Crippen molar-refractivity contribution in [1.29, 1.82) is 0 Å². The number of fused-ring (bicyclic) bond motifs is 1. The van der Waals surface area contributed by atoms with E-state index < -0.39 is 0 Å². The fraction of sp³-hybridized carbons (Fsp3) is 0. The number of rotatable bonds is 0. The molecule has 0 saturated heterocycles. The monoisotopic (exact) mass is 159 g/mol. The standard InChI is InChI=1S/C9H7NO.N/c11-9-6-5-7-3-1-2-4-8(7)10-9;/h1-6H,(H,10,11);. The van der Waals surface area contributed by atoms with Crippen molar-refractivity contribution in [3.05, 3.63) is 46.8 Å². The van der Waals surface area contributed by atoms with Gasteiger partial charge in [-0.25, -0.2) is 0 Å². The Kier molecular flexibility index (Phi) is 2.26. The van der Waals surface area contributed by atoms with Crippen LogP contribution in [-0.2, 0) is 0 Å². The highest BCUT2D eigenvalue weighted by Gasteiger charge is 1.89. The topological polar surface area (TPSA) is 63.4 Å². The molecule has 1 heterocycles. The van der Waals surface area contributed by atoms with Gasteiger partial charge in [-0.1, -0.05) is 18.2 Å². The van der Waals surface area contributed by atoms with Crippen LogP contribution in [0.15, 0.2) is 41.2 Å². The molecule has 3 nitrogen and oxygen atoms in total. The van der Waals surface area contributed by atoms with Gasteiger partial charge in [0, 0.05) is 17.7 Å². The number of pyridine rings is 1. The SMILES string of the molecule is O=c1ccc2ccccc2[nH]1.[N]. The number of nitrogens with one attached hydrogen (secondary N) is 1. The van der Waals surface area contributed by atoms with Gasteiger partial charge in [0.2, 0.25) is 5.56 Å². The lowest BCUT2D eigenvalue weighted by molar-refractivity contribution is 1.31. The first-order valence-electron chi connectivity index (χ1n) is 3.44. The first-order valence-corrected chi connectivity index (χ1v) is 3.44. The highest BCUT2D eigenvalue weighted by atomic mass is 16.1. The molecular formula is C9H7N2O. The minimum atomic E-state index is -0.0521. The molecule has 0 fully saturated rings. The zero-order valence-corrected chi connectivity index (χ0v) is 6.32. The fourth-order valence-electron chi connectivity index (χ4n) is 1.10. The smallest absolute Gasteiger partial charge is 0.248 e. The van der Waals surface area contributed by atoms with Crippen LogP contribution in [0, 0.1) is 0 Å². The van der Waals surface area contributed by atoms with Gasteiger partial charge < -0.3 is 4.98 Å². The highest BCUT2D eigenvalue weighted by molar-refractivity contribution is 5.77. The lowest BCUT2D eigenvalue weighted by atomic mass is 10.2. The summed E-state index contributed by atoms with van der Waals surface area (Å²) in [5, 5.41) is 1.06. The number of benzene rings is 1. The molecule has 12 heavy (non-hydrogen) atoms. The molecule has 0 aliphatic carbocycles. The van der Waals surface area contributed by atoms with E-state index in [-0.39, 0.29) is 11.7 Å². The molecule has 0 spiro atoms. The molecule has 1 N–H and O–H groups in total. The van der Waals surface area contributed by atoms with E-state index in [0.717, 1.165) is 10.9 Å². The molecule has 0 aliphatic rings. The third-order valence-electron chi connectivity index (χ3n) is 1.63. The Balaban J connectivity index is 0.000000720. The van der Waals surface area contributed by atoms with Crippen molar-refractivity contribution in [3.63, 3.8) is 0 Å².